The van der Waals surface area contributed by atoms with E-state index in [1.165, 1.54) is 29.6 Å². The maximum atomic E-state index is 15.9. The summed E-state index contributed by atoms with van der Waals surface area (Å²) < 4.78 is 71.4. The number of thioether (sulfide) groups is 2. The standard InChI is InChI=1S/C50H55ClF2N10O8S3/c1-62(2)17-21-73-29-34(24-36(64)13-8-30-4-6-31(7-5-30)28-63-47-43(58-50(63)67)45(54)59-49(60-47)71-19-18-70-3)48(66)55-16-20-72-22-23-74(68,69)61-40-15-14-39(52)41(42(40)53)44(65)38-27-57-46-37(38)25-33(26-56-46)32-9-11-35(51)12-10-32/h4-7,9-12,14-15,25-27,34,61H,8,13,16-24,28-29H2,1-3H3,(H,55,66)(H,56,57)(H,58,67)(H2,54,59,60). The van der Waals surface area contributed by atoms with Crippen molar-refractivity contribution in [1.29, 1.82) is 0 Å². The van der Waals surface area contributed by atoms with Crippen molar-refractivity contribution in [3.05, 3.63) is 129 Å². The zero-order chi connectivity index (χ0) is 52.9. The molecule has 0 radical (unpaired) electrons. The van der Waals surface area contributed by atoms with Crippen molar-refractivity contribution in [2.45, 2.75) is 25.8 Å². The number of imidazole rings is 1. The fourth-order valence-electron chi connectivity index (χ4n) is 7.66. The quantitative estimate of drug-likeness (QED) is 0.0257. The van der Waals surface area contributed by atoms with E-state index in [0.717, 1.165) is 41.1 Å². The van der Waals surface area contributed by atoms with Gasteiger partial charge in [-0.1, -0.05) is 48.0 Å². The molecule has 7 rings (SSSR count). The molecule has 0 saturated carbocycles. The molecular weight excluding hydrogens is 1040 g/mol. The molecule has 0 fully saturated rings. The molecule has 7 aromatic rings. The van der Waals surface area contributed by atoms with E-state index >= 15 is 8.78 Å². The van der Waals surface area contributed by atoms with Gasteiger partial charge >= 0.3 is 11.7 Å². The molecule has 1 unspecified atom stereocenters. The Bertz CT molecular complexity index is 3280. The fourth-order valence-corrected chi connectivity index (χ4v) is 11.4. The van der Waals surface area contributed by atoms with E-state index in [2.05, 4.69) is 35.0 Å². The number of anilines is 2. The number of nitrogen functional groups attached to an aromatic ring is 1. The Morgan fingerprint density at radius 3 is 2.46 bits per heavy atom. The van der Waals surface area contributed by atoms with E-state index in [-0.39, 0.29) is 67.4 Å². The Hall–Kier alpha value is -6.37. The number of rotatable bonds is 28. The summed E-state index contributed by atoms with van der Waals surface area (Å²) in [4.78, 5) is 73.7. The van der Waals surface area contributed by atoms with Gasteiger partial charge in [0.2, 0.25) is 21.7 Å². The zero-order valence-corrected chi connectivity index (χ0v) is 43.9. The third kappa shape index (κ3) is 14.7. The second kappa shape index (κ2) is 25.7. The lowest BCUT2D eigenvalue weighted by Gasteiger charge is -2.17. The number of nitrogens with zero attached hydrogens (tertiary/aromatic N) is 5. The van der Waals surface area contributed by atoms with Gasteiger partial charge in [0.05, 0.1) is 36.1 Å². The number of ketones is 2. The van der Waals surface area contributed by atoms with Crippen LogP contribution in [0.1, 0.15) is 39.9 Å². The number of pyridine rings is 1. The highest BCUT2D eigenvalue weighted by atomic mass is 35.5. The van der Waals surface area contributed by atoms with Gasteiger partial charge in [-0.05, 0) is 67.5 Å². The molecule has 6 N–H and O–H groups in total. The molecule has 1 amide bonds. The van der Waals surface area contributed by atoms with Crippen molar-refractivity contribution in [3.63, 3.8) is 0 Å². The molecule has 0 aliphatic heterocycles. The SMILES string of the molecule is COCCOc1nc(N)c2[nH]c(=O)n(Cc3ccc(CCC(=O)CC(CSCCN(C)C)C(=O)NCCSCCS(=O)(=O)Nc4ccc(F)c(C(=O)c5c[nH]c6ncc(-c7ccc(Cl)cc7)cc56)c4F)cc3)c2n1. The highest BCUT2D eigenvalue weighted by Crippen LogP contribution is 2.30. The topological polar surface area (TPSA) is 249 Å². The summed E-state index contributed by atoms with van der Waals surface area (Å²) in [5.74, 6) is -3.27. The Morgan fingerprint density at radius 2 is 1.72 bits per heavy atom. The Labute approximate surface area is 439 Å². The molecule has 74 heavy (non-hydrogen) atoms. The summed E-state index contributed by atoms with van der Waals surface area (Å²) in [6.45, 7) is 1.71. The molecule has 4 aromatic heterocycles. The first kappa shape index (κ1) is 55.4. The summed E-state index contributed by atoms with van der Waals surface area (Å²) >= 11 is 8.84. The van der Waals surface area contributed by atoms with Crippen molar-refractivity contribution in [2.75, 3.05) is 86.7 Å². The average Bonchev–Trinajstić information content (AvgIpc) is 3.94. The minimum Gasteiger partial charge on any atom is -0.461 e. The van der Waals surface area contributed by atoms with Crippen LogP contribution in [0.3, 0.4) is 0 Å². The first-order valence-electron chi connectivity index (χ1n) is 23.3. The average molecular weight is 1090 g/mol. The third-order valence-electron chi connectivity index (χ3n) is 11.6. The second-order valence-electron chi connectivity index (χ2n) is 17.3. The number of amides is 1. The lowest BCUT2D eigenvalue weighted by Crippen LogP contribution is -2.35. The van der Waals surface area contributed by atoms with Crippen molar-refractivity contribution in [3.8, 4) is 17.1 Å². The summed E-state index contributed by atoms with van der Waals surface area (Å²) in [7, 11) is 1.27. The molecule has 0 aliphatic carbocycles. The van der Waals surface area contributed by atoms with Gasteiger partial charge in [0.1, 0.15) is 29.4 Å². The number of halogens is 3. The molecule has 0 bridgehead atoms. The number of carbonyl (C=O) groups excluding carboxylic acids is 3. The van der Waals surface area contributed by atoms with Gasteiger partial charge in [0, 0.05) is 90.0 Å². The van der Waals surface area contributed by atoms with Crippen LogP contribution in [0.4, 0.5) is 20.3 Å². The number of aryl methyl sites for hydroxylation is 1. The van der Waals surface area contributed by atoms with Crippen LogP contribution in [0.25, 0.3) is 33.3 Å². The zero-order valence-electron chi connectivity index (χ0n) is 40.7. The molecule has 18 nitrogen and oxygen atoms in total. The van der Waals surface area contributed by atoms with Crippen molar-refractivity contribution >= 4 is 96.3 Å². The van der Waals surface area contributed by atoms with Crippen LogP contribution in [0.15, 0.2) is 83.9 Å². The minimum atomic E-state index is -4.17. The molecule has 3 aromatic carbocycles. The number of aromatic nitrogens is 6. The number of aromatic amines is 2. The minimum absolute atomic E-state index is 0.0207. The number of hydrogen-bond acceptors (Lipinski definition) is 15. The molecule has 0 saturated heterocycles. The first-order valence-corrected chi connectivity index (χ1v) is 27.7. The van der Waals surface area contributed by atoms with E-state index in [0.29, 0.717) is 57.3 Å². The van der Waals surface area contributed by atoms with Gasteiger partial charge in [-0.25, -0.2) is 27.0 Å². The van der Waals surface area contributed by atoms with Gasteiger partial charge in [0.25, 0.3) is 0 Å². The summed E-state index contributed by atoms with van der Waals surface area (Å²) in [5, 5.41) is 3.73. The van der Waals surface area contributed by atoms with E-state index in [9.17, 15) is 27.6 Å². The number of nitrogens with two attached hydrogens (primary N) is 1. The van der Waals surface area contributed by atoms with Crippen LogP contribution >= 0.6 is 35.1 Å². The van der Waals surface area contributed by atoms with Crippen molar-refractivity contribution in [2.24, 2.45) is 5.92 Å². The molecule has 4 heterocycles. The molecular formula is C50H55ClF2N10O8S3. The molecule has 1 atom stereocenters. The summed E-state index contributed by atoms with van der Waals surface area (Å²) in [5.41, 5.74) is 8.06. The molecule has 392 valence electrons. The maximum absolute atomic E-state index is 15.9. The Balaban J connectivity index is 0.880. The lowest BCUT2D eigenvalue weighted by atomic mass is 9.98. The number of fused-ring (bicyclic) bond motifs is 2. The van der Waals surface area contributed by atoms with E-state index in [4.69, 9.17) is 26.8 Å². The van der Waals surface area contributed by atoms with Gasteiger partial charge in [0.15, 0.2) is 17.3 Å². The molecule has 0 aliphatic rings. The number of sulfonamides is 1. The smallest absolute Gasteiger partial charge is 0.328 e. The normalized spacial score (nSPS) is 12.1. The first-order chi connectivity index (χ1) is 35.5. The van der Waals surface area contributed by atoms with Crippen LogP contribution in [0.2, 0.25) is 5.02 Å². The highest BCUT2D eigenvalue weighted by Gasteiger charge is 2.27. The largest absolute Gasteiger partial charge is 0.461 e. The number of Topliss-reactive ketones (excluding diaryl/α,β-unsaturated/α-hetero) is 1. The number of benzene rings is 3. The van der Waals surface area contributed by atoms with Crippen LogP contribution < -0.4 is 26.2 Å². The summed E-state index contributed by atoms with van der Waals surface area (Å²) in [6.07, 6.45) is 3.57. The van der Waals surface area contributed by atoms with E-state index in [1.807, 2.05) is 43.3 Å². The van der Waals surface area contributed by atoms with Crippen LogP contribution in [0.5, 0.6) is 6.01 Å². The maximum Gasteiger partial charge on any atom is 0.328 e. The number of carbonyl (C=O) groups is 3. The number of ether oxygens (including phenoxy) is 2. The number of H-pyrrole nitrogens is 2. The predicted molar refractivity (Wildman–Crippen MR) is 287 cm³/mol. The third-order valence-corrected chi connectivity index (χ3v) is 15.5. The Kier molecular flexibility index (Phi) is 19.3. The molecule has 0 spiro atoms. The predicted octanol–water partition coefficient (Wildman–Crippen LogP) is 6.58. The molecule has 24 heteroatoms. The van der Waals surface area contributed by atoms with Crippen molar-refractivity contribution < 1.29 is 41.1 Å². The van der Waals surface area contributed by atoms with Gasteiger partial charge in [-0.2, -0.15) is 33.5 Å². The van der Waals surface area contributed by atoms with Gasteiger partial charge in [-0.15, -0.1) is 0 Å². The Morgan fingerprint density at radius 1 is 0.959 bits per heavy atom. The van der Waals surface area contributed by atoms with Crippen molar-refractivity contribution in [1.82, 2.24) is 39.7 Å². The fraction of sp³-hybridized carbons (Fsp3) is 0.340. The monoisotopic (exact) mass is 1090 g/mol. The summed E-state index contributed by atoms with van der Waals surface area (Å²) in [6, 6.07) is 17.8. The van der Waals surface area contributed by atoms with Crippen LogP contribution in [0, 0.1) is 17.6 Å². The number of methoxy groups -OCH3 is 1. The second-order valence-corrected chi connectivity index (χ2v) is 22.0. The lowest BCUT2D eigenvalue weighted by molar-refractivity contribution is -0.128. The number of hydrogen-bond donors (Lipinski definition) is 5. The van der Waals surface area contributed by atoms with E-state index < -0.39 is 56.1 Å². The van der Waals surface area contributed by atoms with Gasteiger partial charge < -0.3 is 35.4 Å². The van der Waals surface area contributed by atoms with Gasteiger partial charge in [-0.3, -0.25) is 23.7 Å². The number of nitrogens with one attached hydrogen (secondary N) is 4. The van der Waals surface area contributed by atoms with Crippen LogP contribution in [-0.4, -0.2) is 137 Å². The van der Waals surface area contributed by atoms with E-state index in [1.54, 1.807) is 48.3 Å². The highest BCUT2D eigenvalue weighted by molar-refractivity contribution is 8.00. The van der Waals surface area contributed by atoms with Crippen LogP contribution in [-0.2, 0) is 37.3 Å².